The number of carbonyl (C=O) groups excluding carboxylic acids is 4. The van der Waals surface area contributed by atoms with Gasteiger partial charge >= 0.3 is 0 Å². The minimum Gasteiger partial charge on any atom is -0.324 e. The molecule has 0 aliphatic rings. The van der Waals surface area contributed by atoms with Crippen molar-refractivity contribution in [1.29, 1.82) is 0 Å². The maximum Gasteiger partial charge on any atom is 0.255 e. The molecule has 0 bridgehead atoms. The number of amides is 4. The van der Waals surface area contributed by atoms with E-state index < -0.39 is 138 Å². The van der Waals surface area contributed by atoms with Gasteiger partial charge < -0.3 is 59.5 Å². The summed E-state index contributed by atoms with van der Waals surface area (Å²) in [7, 11) is 0. The van der Waals surface area contributed by atoms with Crippen molar-refractivity contribution in [2.24, 2.45) is 20.0 Å². The number of benzene rings is 8. The highest BCUT2D eigenvalue weighted by Crippen LogP contribution is 2.31. The summed E-state index contributed by atoms with van der Waals surface area (Å²) in [6.07, 6.45) is 21.4. The van der Waals surface area contributed by atoms with E-state index >= 15 is 0 Å². The van der Waals surface area contributed by atoms with Crippen LogP contribution in [-0.2, 0) is 0 Å². The predicted molar refractivity (Wildman–Crippen MR) is 561 cm³/mol. The Labute approximate surface area is 869 Å². The molecule has 12 heterocycles. The Morgan fingerprint density at radius 1 is 0.319 bits per heavy atom. The van der Waals surface area contributed by atoms with Crippen molar-refractivity contribution in [3.8, 4) is 67.8 Å². The topological polar surface area (TPSA) is 378 Å². The Kier molecular flexibility index (Phi) is 20.7. The summed E-state index contributed by atoms with van der Waals surface area (Å²) in [6.45, 7) is 11.8. The third-order valence-corrected chi connectivity index (χ3v) is 20.8. The van der Waals surface area contributed by atoms with Gasteiger partial charge in [0.1, 0.15) is 0 Å². The average molecular weight is 1930 g/mol. The molecule has 30 nitrogen and oxygen atoms in total. The van der Waals surface area contributed by atoms with E-state index in [1.54, 1.807) is 159 Å². The lowest BCUT2D eigenvalue weighted by molar-refractivity contribution is 0.101. The Balaban J connectivity index is 0.000000152. The molecule has 8 N–H and O–H groups in total. The number of aryl methyl sites for hydroxylation is 8. The first-order valence-corrected chi connectivity index (χ1v) is 44.0. The summed E-state index contributed by atoms with van der Waals surface area (Å²) in [5, 5.41) is 10.8. The Morgan fingerprint density at radius 2 is 0.625 bits per heavy atom. The van der Waals surface area contributed by atoms with Crippen LogP contribution in [0.25, 0.3) is 67.8 Å². The number of hydrogen-bond donors (Lipinski definition) is 8. The number of anilines is 4. The molecule has 12 aromatic heterocycles. The SMILES string of the molecule is [2H]c1nc(=Nc2c([2H])c(C(=O)Nc3cc(C)cc(-n4c([2H])cc(C)c4[2H])c3)c([2H])c([2H])c2C)[nH]c(-c2cccnc2)c1[2H].[2H]c1nc(=Nc2c([2H])c(C(=O)Nc3cc(C)cc(-n4ccc(C)c4)c3)c([2H])c([2H])c2C([2H])([2H])[2H])[nH]c(-c2cccnc2)c1[2H].[2H]c1nc(=Nc2c([2H])c(C(=O)Nc3cc(C)cc(-n4cnc(C)c4)c3)c([2H])c([2H])c2C([2H])([2H])[2H])[nH]c(-c2cccnc2)c1[2H].[2H]c1nc(=Nc2c([2H])c(C(=O)Nc3cc(C)cc(-n4cnc(C)c4)c3)c([2H])c([2H])c2C)[nH]c(-c2cccnc2)c1[2H]. The first kappa shape index (κ1) is 67.1. The van der Waals surface area contributed by atoms with Gasteiger partial charge in [0.15, 0.2) is 0 Å². The smallest absolute Gasteiger partial charge is 0.255 e. The van der Waals surface area contributed by atoms with Crippen LogP contribution in [0.1, 0.15) is 147 Å². The third-order valence-electron chi connectivity index (χ3n) is 20.8. The van der Waals surface area contributed by atoms with Gasteiger partial charge in [-0.2, -0.15) is 0 Å². The molecule has 0 spiro atoms. The van der Waals surface area contributed by atoms with Gasteiger partial charge in [-0.25, -0.2) is 49.9 Å². The Hall–Kier alpha value is -19.3. The number of hydrogen-bond acceptors (Lipinski definition) is 18. The molecule has 0 fully saturated rings. The lowest BCUT2D eigenvalue weighted by Gasteiger charge is -2.11. The van der Waals surface area contributed by atoms with Crippen LogP contribution in [-0.4, -0.2) is 112 Å². The summed E-state index contributed by atoms with van der Waals surface area (Å²) >= 11 is 0. The standard InChI is InChI=1S/2C29H26N6O.2C28H25N7O/c2*1-19-9-12-35(18-19)25-14-20(2)13-24(16-25)32-28(36)22-7-6-21(3)27(15-22)34-29-31-11-8-26(33-29)23-5-4-10-30-17-23;2*1-18-11-23(14-24(12-18)35-16-20(3)31-17-35)32-27(36)21-7-6-19(2)26(13-21)34-28-30-10-8-25(33-28)22-5-4-9-29-15-22/h2*4-18H,1-3H3,(H,32,36)(H,31,33,34);2*4-17H,1-3H3,(H,32,36)(H,30,33,34)/i6D,7D,8D,11D,12D,15D,18D;3D3,6D,7D,8D,11D,15D;2D3,6D,7D,8D,10D,13D;6D,7D,8D,10D,13D. The summed E-state index contributed by atoms with van der Waals surface area (Å²) in [6, 6.07) is 30.2. The second-order valence-corrected chi connectivity index (χ2v) is 32.4. The van der Waals surface area contributed by atoms with E-state index in [4.69, 9.17) is 38.4 Å². The van der Waals surface area contributed by atoms with Crippen molar-refractivity contribution in [3.05, 3.63) is 466 Å². The highest BCUT2D eigenvalue weighted by atomic mass is 16.2. The Morgan fingerprint density at radius 3 is 0.896 bits per heavy atom. The van der Waals surface area contributed by atoms with Crippen LogP contribution in [0, 0.1) is 82.9 Å². The fraction of sp³-hybridized carbons (Fsp3) is 0.105. The fourth-order valence-corrected chi connectivity index (χ4v) is 14.1. The second kappa shape index (κ2) is 44.5. The van der Waals surface area contributed by atoms with Crippen LogP contribution in [0.4, 0.5) is 45.5 Å². The molecule has 20 rings (SSSR count). The minimum absolute atomic E-state index is 0.0482. The Bertz CT molecular complexity index is 9820. The lowest BCUT2D eigenvalue weighted by atomic mass is 10.1. The molecule has 0 atom stereocenters. The van der Waals surface area contributed by atoms with Gasteiger partial charge in [0.05, 0.1) is 99.7 Å². The molecule has 0 saturated heterocycles. The zero-order chi connectivity index (χ0) is 124. The van der Waals surface area contributed by atoms with E-state index in [2.05, 4.69) is 111 Å². The number of pyridine rings is 4. The number of imidazole rings is 2. The molecule has 20 aromatic rings. The van der Waals surface area contributed by atoms with Crippen molar-refractivity contribution in [2.45, 2.75) is 82.9 Å². The summed E-state index contributed by atoms with van der Waals surface area (Å²) in [5.74, 6) is -3.37. The number of H-pyrrole nitrogens is 4. The van der Waals surface area contributed by atoms with Crippen LogP contribution < -0.4 is 43.7 Å². The fourth-order valence-electron chi connectivity index (χ4n) is 14.1. The van der Waals surface area contributed by atoms with E-state index in [0.29, 0.717) is 61.9 Å². The first-order valence-electron chi connectivity index (χ1n) is 58.0. The number of nitrogens with zero attached hydrogens (tertiary/aromatic N) is 18. The number of carbonyl (C=O) groups is 4. The molecule has 0 saturated carbocycles. The molecule has 712 valence electrons. The van der Waals surface area contributed by atoms with Gasteiger partial charge in [0.25, 0.3) is 23.6 Å². The second-order valence-electron chi connectivity index (χ2n) is 32.4. The maximum absolute atomic E-state index is 13.6. The van der Waals surface area contributed by atoms with Gasteiger partial charge in [-0.15, -0.1) is 0 Å². The molecule has 30 heteroatoms. The lowest BCUT2D eigenvalue weighted by Crippen LogP contribution is -2.14. The van der Waals surface area contributed by atoms with Crippen LogP contribution in [0.2, 0.25) is 0 Å². The monoisotopic (exact) mass is 1930 g/mol. The average Bonchev–Trinajstić information content (AvgIpc) is 0.935. The van der Waals surface area contributed by atoms with Crippen molar-refractivity contribution >= 4 is 69.1 Å². The van der Waals surface area contributed by atoms with E-state index in [-0.39, 0.29) is 146 Å². The summed E-state index contributed by atoms with van der Waals surface area (Å²) < 4.78 is 240. The van der Waals surface area contributed by atoms with Crippen molar-refractivity contribution in [3.63, 3.8) is 0 Å². The van der Waals surface area contributed by atoms with E-state index in [0.717, 1.165) is 50.6 Å². The molecule has 8 aromatic carbocycles. The molecule has 4 amide bonds. The van der Waals surface area contributed by atoms with Crippen molar-refractivity contribution in [2.75, 3.05) is 21.3 Å². The normalized spacial score (nSPS) is 14.4. The molecule has 0 radical (unpaired) electrons. The highest BCUT2D eigenvalue weighted by molar-refractivity contribution is 6.07. The van der Waals surface area contributed by atoms with Crippen molar-refractivity contribution < 1.29 is 57.6 Å². The van der Waals surface area contributed by atoms with E-state index in [1.165, 1.54) is 55.6 Å². The van der Waals surface area contributed by atoms with Crippen LogP contribution in [0.5, 0.6) is 0 Å². The van der Waals surface area contributed by atoms with Gasteiger partial charge in [-0.1, -0.05) is 24.2 Å². The third kappa shape index (κ3) is 25.2. The number of rotatable bonds is 20. The molecule has 0 aliphatic carbocycles. The van der Waals surface area contributed by atoms with Crippen LogP contribution in [0.15, 0.2) is 374 Å². The molecule has 0 unspecified atom stereocenters. The van der Waals surface area contributed by atoms with Gasteiger partial charge in [-0.05, 0) is 345 Å². The summed E-state index contributed by atoms with van der Waals surface area (Å²) in [5.41, 5.74) is 8.24. The van der Waals surface area contributed by atoms with Crippen LogP contribution >= 0.6 is 0 Å². The molecular formula is C114H102N26O4. The minimum atomic E-state index is -2.99. The van der Waals surface area contributed by atoms with Gasteiger partial charge in [0.2, 0.25) is 22.5 Å². The van der Waals surface area contributed by atoms with E-state index in [9.17, 15) is 19.2 Å². The van der Waals surface area contributed by atoms with Crippen LogP contribution in [0.3, 0.4) is 0 Å². The first-order chi connectivity index (χ1) is 81.4. The maximum atomic E-state index is 13.6. The number of aromatic nitrogens is 18. The molecule has 0 aliphatic heterocycles. The van der Waals surface area contributed by atoms with E-state index in [1.807, 2.05) is 93.5 Å². The quantitative estimate of drug-likeness (QED) is 0.0352. The summed E-state index contributed by atoms with van der Waals surface area (Å²) in [4.78, 5) is 123. The van der Waals surface area contributed by atoms with Gasteiger partial charge in [-0.3, -0.25) is 39.1 Å². The zero-order valence-corrected chi connectivity index (χ0v) is 78.5. The zero-order valence-electron chi connectivity index (χ0n) is 106. The number of nitrogens with one attached hydrogen (secondary N) is 8. The molecule has 144 heavy (non-hydrogen) atoms. The molecular weight excluding hydrogens is 1800 g/mol. The van der Waals surface area contributed by atoms with Crippen molar-refractivity contribution in [1.82, 2.24) is 88.0 Å². The largest absolute Gasteiger partial charge is 0.324 e. The van der Waals surface area contributed by atoms with Gasteiger partial charge in [0, 0.05) is 210 Å². The number of aromatic amines is 4. The highest BCUT2D eigenvalue weighted by Gasteiger charge is 2.18. The predicted octanol–water partition coefficient (Wildman–Crippen LogP) is 21.5.